The third-order valence-electron chi connectivity index (χ3n) is 3.65. The number of halogens is 3. The zero-order valence-corrected chi connectivity index (χ0v) is 12.0. The molecule has 2 aliphatic heterocycles. The highest BCUT2D eigenvalue weighted by Crippen LogP contribution is 2.30. The lowest BCUT2D eigenvalue weighted by Crippen LogP contribution is -2.38. The number of hydrogen-bond donors (Lipinski definition) is 1. The monoisotopic (exact) mass is 308 g/mol. The second-order valence-corrected chi connectivity index (χ2v) is 6.37. The number of carbonyl (C=O) groups is 1. The summed E-state index contributed by atoms with van der Waals surface area (Å²) in [4.78, 5) is 13.5. The van der Waals surface area contributed by atoms with Gasteiger partial charge in [-0.3, -0.25) is 4.79 Å². The van der Waals surface area contributed by atoms with Crippen molar-refractivity contribution in [3.05, 3.63) is 11.6 Å². The largest absolute Gasteiger partial charge is 0.412 e. The van der Waals surface area contributed by atoms with E-state index >= 15 is 0 Å². The van der Waals surface area contributed by atoms with Crippen molar-refractivity contribution in [1.82, 2.24) is 10.2 Å². The summed E-state index contributed by atoms with van der Waals surface area (Å²) in [7, 11) is 0. The van der Waals surface area contributed by atoms with Gasteiger partial charge in [-0.1, -0.05) is 6.08 Å². The Balaban J connectivity index is 1.75. The summed E-state index contributed by atoms with van der Waals surface area (Å²) in [5, 5.41) is 3.75. The Kier molecular flexibility index (Phi) is 5.37. The number of carbonyl (C=O) groups excluding carboxylic acids is 1. The molecule has 3 nitrogen and oxygen atoms in total. The average molecular weight is 308 g/mol. The summed E-state index contributed by atoms with van der Waals surface area (Å²) < 4.78 is 37.4. The molecular formula is C13H19F3N2OS. The van der Waals surface area contributed by atoms with Crippen LogP contribution in [0.3, 0.4) is 0 Å². The molecule has 114 valence electrons. The van der Waals surface area contributed by atoms with Gasteiger partial charge in [0, 0.05) is 23.9 Å². The van der Waals surface area contributed by atoms with Gasteiger partial charge < -0.3 is 10.2 Å². The van der Waals surface area contributed by atoms with Crippen LogP contribution in [0.2, 0.25) is 0 Å². The lowest BCUT2D eigenvalue weighted by atomic mass is 10.1. The number of rotatable bonds is 3. The minimum absolute atomic E-state index is 0.0500. The number of nitrogens with zero attached hydrogens (tertiary/aromatic N) is 1. The number of nitrogens with one attached hydrogen (secondary N) is 1. The minimum Gasteiger partial charge on any atom is -0.338 e. The van der Waals surface area contributed by atoms with Crippen LogP contribution in [-0.2, 0) is 4.79 Å². The number of alkyl halides is 3. The highest BCUT2D eigenvalue weighted by Gasteiger charge is 2.35. The van der Waals surface area contributed by atoms with Gasteiger partial charge in [-0.2, -0.15) is 13.2 Å². The molecular weight excluding hydrogens is 289 g/mol. The van der Waals surface area contributed by atoms with Gasteiger partial charge in [-0.15, -0.1) is 11.8 Å². The highest BCUT2D eigenvalue weighted by atomic mass is 32.2. The van der Waals surface area contributed by atoms with E-state index in [1.54, 1.807) is 11.8 Å². The molecule has 2 heterocycles. The molecule has 0 bridgehead atoms. The first-order valence-corrected chi connectivity index (χ1v) is 7.88. The molecule has 2 aliphatic rings. The molecule has 0 atom stereocenters. The van der Waals surface area contributed by atoms with Gasteiger partial charge in [-0.25, -0.2) is 0 Å². The maximum absolute atomic E-state index is 12.5. The predicted octanol–water partition coefficient (Wildman–Crippen LogP) is 2.19. The van der Waals surface area contributed by atoms with Gasteiger partial charge in [0.1, 0.15) is 0 Å². The van der Waals surface area contributed by atoms with Crippen LogP contribution in [0.4, 0.5) is 13.2 Å². The van der Waals surface area contributed by atoms with E-state index in [1.807, 2.05) is 0 Å². The Morgan fingerprint density at radius 3 is 2.65 bits per heavy atom. The van der Waals surface area contributed by atoms with Crippen molar-refractivity contribution in [2.45, 2.75) is 30.7 Å². The highest BCUT2D eigenvalue weighted by molar-refractivity contribution is 8.00. The van der Waals surface area contributed by atoms with Crippen molar-refractivity contribution in [1.29, 1.82) is 0 Å². The van der Waals surface area contributed by atoms with Gasteiger partial charge in [0.05, 0.1) is 5.75 Å². The molecule has 1 saturated heterocycles. The summed E-state index contributed by atoms with van der Waals surface area (Å²) in [5.41, 5.74) is -0.507. The zero-order chi connectivity index (χ0) is 14.6. The summed E-state index contributed by atoms with van der Waals surface area (Å²) in [6, 6.07) is 0. The summed E-state index contributed by atoms with van der Waals surface area (Å²) in [6.07, 6.45) is -1.10. The third-order valence-corrected chi connectivity index (χ3v) is 5.01. The summed E-state index contributed by atoms with van der Waals surface area (Å²) in [5.74, 6) is 0.325. The van der Waals surface area contributed by atoms with Crippen molar-refractivity contribution < 1.29 is 18.0 Å². The van der Waals surface area contributed by atoms with E-state index in [2.05, 4.69) is 5.32 Å². The van der Waals surface area contributed by atoms with Crippen molar-refractivity contribution in [3.63, 3.8) is 0 Å². The lowest BCUT2D eigenvalue weighted by Gasteiger charge is -2.28. The molecule has 1 fully saturated rings. The van der Waals surface area contributed by atoms with Crippen LogP contribution in [-0.4, -0.2) is 54.2 Å². The fraction of sp³-hybridized carbons (Fsp3) is 0.769. The molecule has 7 heteroatoms. The number of thioether (sulfide) groups is 1. The molecule has 0 aromatic carbocycles. The van der Waals surface area contributed by atoms with Crippen LogP contribution in [0.25, 0.3) is 0 Å². The van der Waals surface area contributed by atoms with Crippen molar-refractivity contribution in [2.24, 2.45) is 0 Å². The summed E-state index contributed by atoms with van der Waals surface area (Å²) in [6.45, 7) is 2.22. The Labute approximate surface area is 121 Å². The lowest BCUT2D eigenvalue weighted by molar-refractivity contribution is -0.129. The molecule has 0 aromatic rings. The topological polar surface area (TPSA) is 32.3 Å². The van der Waals surface area contributed by atoms with Gasteiger partial charge in [-0.05, 0) is 32.4 Å². The predicted molar refractivity (Wildman–Crippen MR) is 73.7 cm³/mol. The SMILES string of the molecule is O=C(CSC1CCNCC1)N1CC=C(C(F)(F)F)CC1. The average Bonchev–Trinajstić information content (AvgIpc) is 2.45. The van der Waals surface area contributed by atoms with E-state index in [0.717, 1.165) is 32.0 Å². The fourth-order valence-corrected chi connectivity index (χ4v) is 3.53. The van der Waals surface area contributed by atoms with E-state index in [9.17, 15) is 18.0 Å². The Morgan fingerprint density at radius 2 is 2.10 bits per heavy atom. The Morgan fingerprint density at radius 1 is 1.40 bits per heavy atom. The maximum atomic E-state index is 12.5. The van der Waals surface area contributed by atoms with Gasteiger partial charge in [0.25, 0.3) is 0 Å². The van der Waals surface area contributed by atoms with Crippen LogP contribution in [0.15, 0.2) is 11.6 Å². The second-order valence-electron chi connectivity index (χ2n) is 5.08. The van der Waals surface area contributed by atoms with Crippen molar-refractivity contribution >= 4 is 17.7 Å². The van der Waals surface area contributed by atoms with E-state index in [4.69, 9.17) is 0 Å². The smallest absolute Gasteiger partial charge is 0.338 e. The Bertz CT molecular complexity index is 378. The molecule has 0 radical (unpaired) electrons. The van der Waals surface area contributed by atoms with Crippen LogP contribution >= 0.6 is 11.8 Å². The van der Waals surface area contributed by atoms with Gasteiger partial charge >= 0.3 is 6.18 Å². The van der Waals surface area contributed by atoms with E-state index in [0.29, 0.717) is 11.0 Å². The third kappa shape index (κ3) is 4.41. The van der Waals surface area contributed by atoms with Crippen LogP contribution < -0.4 is 5.32 Å². The zero-order valence-electron chi connectivity index (χ0n) is 11.2. The van der Waals surface area contributed by atoms with E-state index in [1.165, 1.54) is 4.90 Å². The van der Waals surface area contributed by atoms with Crippen LogP contribution in [0.1, 0.15) is 19.3 Å². The fourth-order valence-electron chi connectivity index (χ4n) is 2.40. The quantitative estimate of drug-likeness (QED) is 0.811. The van der Waals surface area contributed by atoms with Gasteiger partial charge in [0.2, 0.25) is 5.91 Å². The minimum atomic E-state index is -4.25. The van der Waals surface area contributed by atoms with E-state index < -0.39 is 11.7 Å². The molecule has 0 aliphatic carbocycles. The second kappa shape index (κ2) is 6.85. The molecule has 0 saturated carbocycles. The van der Waals surface area contributed by atoms with E-state index in [-0.39, 0.29) is 25.4 Å². The molecule has 1 N–H and O–H groups in total. The van der Waals surface area contributed by atoms with Crippen LogP contribution in [0.5, 0.6) is 0 Å². The molecule has 1 amide bonds. The first kappa shape index (κ1) is 15.7. The van der Waals surface area contributed by atoms with Crippen LogP contribution in [0, 0.1) is 0 Å². The maximum Gasteiger partial charge on any atom is 0.412 e. The normalized spacial score (nSPS) is 21.8. The number of hydrogen-bond acceptors (Lipinski definition) is 3. The summed E-state index contributed by atoms with van der Waals surface area (Å²) >= 11 is 1.63. The number of piperidine rings is 1. The number of amides is 1. The molecule has 20 heavy (non-hydrogen) atoms. The first-order valence-electron chi connectivity index (χ1n) is 6.83. The van der Waals surface area contributed by atoms with Crippen molar-refractivity contribution in [3.8, 4) is 0 Å². The molecule has 0 spiro atoms. The molecule has 0 aromatic heterocycles. The van der Waals surface area contributed by atoms with Gasteiger partial charge in [0.15, 0.2) is 0 Å². The van der Waals surface area contributed by atoms with Crippen molar-refractivity contribution in [2.75, 3.05) is 31.9 Å². The molecule has 2 rings (SSSR count). The Hall–Kier alpha value is -0.690. The molecule has 0 unspecified atom stereocenters. The first-order chi connectivity index (χ1) is 9.47. The standard InChI is InChI=1S/C13H19F3N2OS/c14-13(15,16)10-3-7-18(8-4-10)12(19)9-20-11-1-5-17-6-2-11/h3,11,17H,1-2,4-9H2.